The Balaban J connectivity index is 1.85. The predicted molar refractivity (Wildman–Crippen MR) is 69.1 cm³/mol. The van der Waals surface area contributed by atoms with Crippen LogP contribution < -0.4 is 0 Å². The Morgan fingerprint density at radius 1 is 1.21 bits per heavy atom. The van der Waals surface area contributed by atoms with Crippen LogP contribution in [0.3, 0.4) is 0 Å². The molecule has 1 saturated carbocycles. The van der Waals surface area contributed by atoms with Gasteiger partial charge in [-0.15, -0.1) is 0 Å². The molecule has 1 heterocycles. The number of halogens is 1. The van der Waals surface area contributed by atoms with E-state index >= 15 is 0 Å². The zero-order valence-electron chi connectivity index (χ0n) is 10.6. The minimum Gasteiger partial charge on any atom is -0.375 e. The van der Waals surface area contributed by atoms with Gasteiger partial charge in [-0.1, -0.05) is 0 Å². The van der Waals surface area contributed by atoms with E-state index in [0.29, 0.717) is 19.4 Å². The standard InChI is InChI=1S/C14H17FO3S/c15-11-2-4-12(5-3-11)19(16,17)13-6-9-18-14(10-13)7-1-8-14/h2-5,13H,1,6-10H2. The zero-order chi connectivity index (χ0) is 13.5. The first-order chi connectivity index (χ1) is 9.02. The van der Waals surface area contributed by atoms with Crippen LogP contribution in [0.1, 0.15) is 32.1 Å². The molecule has 104 valence electrons. The van der Waals surface area contributed by atoms with E-state index in [2.05, 4.69) is 0 Å². The first-order valence-electron chi connectivity index (χ1n) is 6.65. The molecule has 0 aromatic heterocycles. The number of hydrogen-bond donors (Lipinski definition) is 0. The van der Waals surface area contributed by atoms with Gasteiger partial charge in [0, 0.05) is 6.61 Å². The normalized spacial score (nSPS) is 26.1. The second-order valence-electron chi connectivity index (χ2n) is 5.50. The van der Waals surface area contributed by atoms with Gasteiger partial charge < -0.3 is 4.74 Å². The zero-order valence-corrected chi connectivity index (χ0v) is 11.5. The van der Waals surface area contributed by atoms with Crippen LogP contribution in [0.15, 0.2) is 29.2 Å². The highest BCUT2D eigenvalue weighted by molar-refractivity contribution is 7.92. The average Bonchev–Trinajstić information content (AvgIpc) is 2.37. The van der Waals surface area contributed by atoms with Crippen molar-refractivity contribution >= 4 is 9.84 Å². The predicted octanol–water partition coefficient (Wildman–Crippen LogP) is 2.70. The number of rotatable bonds is 2. The smallest absolute Gasteiger partial charge is 0.181 e. The van der Waals surface area contributed by atoms with Crippen LogP contribution in [0.4, 0.5) is 4.39 Å². The van der Waals surface area contributed by atoms with Crippen molar-refractivity contribution in [2.75, 3.05) is 6.61 Å². The van der Waals surface area contributed by atoms with Crippen LogP contribution in [0.5, 0.6) is 0 Å². The van der Waals surface area contributed by atoms with E-state index in [1.807, 2.05) is 0 Å². The Morgan fingerprint density at radius 3 is 2.47 bits per heavy atom. The molecule has 5 heteroatoms. The summed E-state index contributed by atoms with van der Waals surface area (Å²) < 4.78 is 43.7. The van der Waals surface area contributed by atoms with Gasteiger partial charge >= 0.3 is 0 Å². The van der Waals surface area contributed by atoms with Crippen molar-refractivity contribution in [1.29, 1.82) is 0 Å². The molecule has 0 amide bonds. The maximum absolute atomic E-state index is 12.9. The van der Waals surface area contributed by atoms with Gasteiger partial charge in [-0.2, -0.15) is 0 Å². The molecular formula is C14H17FO3S. The van der Waals surface area contributed by atoms with Gasteiger partial charge in [0.2, 0.25) is 0 Å². The van der Waals surface area contributed by atoms with Crippen LogP contribution in [-0.2, 0) is 14.6 Å². The first-order valence-corrected chi connectivity index (χ1v) is 8.20. The summed E-state index contributed by atoms with van der Waals surface area (Å²) >= 11 is 0. The Hall–Kier alpha value is -0.940. The lowest BCUT2D eigenvalue weighted by Gasteiger charge is -2.46. The fourth-order valence-electron chi connectivity index (χ4n) is 2.98. The van der Waals surface area contributed by atoms with E-state index in [4.69, 9.17) is 4.74 Å². The molecule has 0 radical (unpaired) electrons. The van der Waals surface area contributed by atoms with E-state index in [9.17, 15) is 12.8 Å². The summed E-state index contributed by atoms with van der Waals surface area (Å²) in [5, 5.41) is -0.396. The molecule has 1 spiro atoms. The second-order valence-corrected chi connectivity index (χ2v) is 7.73. The fourth-order valence-corrected chi connectivity index (χ4v) is 4.81. The number of ether oxygens (including phenoxy) is 1. The molecular weight excluding hydrogens is 267 g/mol. The van der Waals surface area contributed by atoms with E-state index in [0.717, 1.165) is 19.3 Å². The number of benzene rings is 1. The first kappa shape index (κ1) is 13.1. The topological polar surface area (TPSA) is 43.4 Å². The van der Waals surface area contributed by atoms with Crippen molar-refractivity contribution < 1.29 is 17.5 Å². The maximum Gasteiger partial charge on any atom is 0.181 e. The fraction of sp³-hybridized carbons (Fsp3) is 0.571. The molecule has 3 nitrogen and oxygen atoms in total. The van der Waals surface area contributed by atoms with Gasteiger partial charge in [0.1, 0.15) is 5.82 Å². The lowest BCUT2D eigenvalue weighted by atomic mass is 9.75. The minimum atomic E-state index is -3.37. The van der Waals surface area contributed by atoms with Crippen molar-refractivity contribution in [3.63, 3.8) is 0 Å². The van der Waals surface area contributed by atoms with E-state index in [-0.39, 0.29) is 10.5 Å². The molecule has 0 bridgehead atoms. The molecule has 1 unspecified atom stereocenters. The molecule has 0 N–H and O–H groups in total. The summed E-state index contributed by atoms with van der Waals surface area (Å²) in [6.07, 6.45) is 4.14. The van der Waals surface area contributed by atoms with Crippen LogP contribution >= 0.6 is 0 Å². The summed E-state index contributed by atoms with van der Waals surface area (Å²) in [6.45, 7) is 0.505. The molecule has 2 aliphatic rings. The van der Waals surface area contributed by atoms with E-state index in [1.165, 1.54) is 24.3 Å². The van der Waals surface area contributed by atoms with Crippen LogP contribution in [0, 0.1) is 5.82 Å². The highest BCUT2D eigenvalue weighted by atomic mass is 32.2. The molecule has 19 heavy (non-hydrogen) atoms. The maximum atomic E-state index is 12.9. The Morgan fingerprint density at radius 2 is 1.89 bits per heavy atom. The van der Waals surface area contributed by atoms with Gasteiger partial charge in [-0.05, 0) is 56.4 Å². The van der Waals surface area contributed by atoms with Crippen molar-refractivity contribution in [2.45, 2.75) is 47.9 Å². The molecule has 3 rings (SSSR count). The van der Waals surface area contributed by atoms with Gasteiger partial charge in [-0.25, -0.2) is 12.8 Å². The van der Waals surface area contributed by atoms with E-state index in [1.54, 1.807) is 0 Å². The summed E-state index contributed by atoms with van der Waals surface area (Å²) in [7, 11) is -3.37. The molecule has 1 saturated heterocycles. The Labute approximate surface area is 112 Å². The Bertz CT molecular complexity index is 561. The van der Waals surface area contributed by atoms with Gasteiger partial charge in [0.25, 0.3) is 0 Å². The third kappa shape index (κ3) is 2.30. The van der Waals surface area contributed by atoms with Gasteiger partial charge in [-0.3, -0.25) is 0 Å². The van der Waals surface area contributed by atoms with Crippen LogP contribution in [0.2, 0.25) is 0 Å². The lowest BCUT2D eigenvalue weighted by Crippen LogP contribution is -2.49. The summed E-state index contributed by atoms with van der Waals surface area (Å²) in [5.74, 6) is -0.415. The van der Waals surface area contributed by atoms with Gasteiger partial charge in [0.15, 0.2) is 9.84 Å². The minimum absolute atomic E-state index is 0.198. The number of hydrogen-bond acceptors (Lipinski definition) is 3. The highest BCUT2D eigenvalue weighted by Gasteiger charge is 2.46. The number of sulfone groups is 1. The monoisotopic (exact) mass is 284 g/mol. The van der Waals surface area contributed by atoms with Gasteiger partial charge in [0.05, 0.1) is 15.7 Å². The third-order valence-corrected chi connectivity index (χ3v) is 6.50. The second kappa shape index (κ2) is 4.56. The molecule has 1 aliphatic carbocycles. The summed E-state index contributed by atoms with van der Waals surface area (Å²) in [5.41, 5.74) is -0.198. The highest BCUT2D eigenvalue weighted by Crippen LogP contribution is 2.44. The SMILES string of the molecule is O=S(=O)(c1ccc(F)cc1)C1CCOC2(CCC2)C1. The Kier molecular flexibility index (Phi) is 3.14. The third-order valence-electron chi connectivity index (χ3n) is 4.29. The quantitative estimate of drug-likeness (QED) is 0.784. The van der Waals surface area contributed by atoms with Crippen LogP contribution in [0.25, 0.3) is 0 Å². The molecule has 1 atom stereocenters. The van der Waals surface area contributed by atoms with E-state index < -0.39 is 20.9 Å². The lowest BCUT2D eigenvalue weighted by molar-refractivity contribution is -0.125. The van der Waals surface area contributed by atoms with Crippen LogP contribution in [-0.4, -0.2) is 25.9 Å². The molecule has 1 aliphatic heterocycles. The summed E-state index contributed by atoms with van der Waals surface area (Å²) in [6, 6.07) is 5.11. The van der Waals surface area contributed by atoms with Crippen molar-refractivity contribution in [3.05, 3.63) is 30.1 Å². The average molecular weight is 284 g/mol. The molecule has 1 aromatic carbocycles. The van der Waals surface area contributed by atoms with Crippen molar-refractivity contribution in [1.82, 2.24) is 0 Å². The largest absolute Gasteiger partial charge is 0.375 e. The van der Waals surface area contributed by atoms with Crippen molar-refractivity contribution in [3.8, 4) is 0 Å². The molecule has 1 aromatic rings. The molecule has 2 fully saturated rings. The summed E-state index contributed by atoms with van der Waals surface area (Å²) in [4.78, 5) is 0.218. The van der Waals surface area contributed by atoms with Crippen molar-refractivity contribution in [2.24, 2.45) is 0 Å².